The number of rotatable bonds is 7. The molecule has 1 N–H and O–H groups in total. The predicted molar refractivity (Wildman–Crippen MR) is 128 cm³/mol. The van der Waals surface area contributed by atoms with E-state index < -0.39 is 0 Å². The van der Waals surface area contributed by atoms with Gasteiger partial charge in [0.2, 0.25) is 0 Å². The molecule has 1 aliphatic rings. The Balaban J connectivity index is 1.41. The molecule has 1 saturated heterocycles. The Hall–Kier alpha value is -2.89. The number of nitrogens with zero attached hydrogens (tertiary/aromatic N) is 1. The van der Waals surface area contributed by atoms with E-state index in [9.17, 15) is 9.59 Å². The smallest absolute Gasteiger partial charge is 0.256 e. The van der Waals surface area contributed by atoms with Crippen LogP contribution in [0.15, 0.2) is 78.9 Å². The van der Waals surface area contributed by atoms with Crippen molar-refractivity contribution in [2.75, 3.05) is 36.5 Å². The molecule has 1 fully saturated rings. The number of carbonyl (C=O) groups excluding carboxylic acids is 2. The van der Waals surface area contributed by atoms with Gasteiger partial charge in [-0.2, -0.15) is 11.8 Å². The van der Waals surface area contributed by atoms with E-state index in [0.717, 1.165) is 18.7 Å². The molecule has 0 radical (unpaired) electrons. The van der Waals surface area contributed by atoms with Crippen LogP contribution in [0.1, 0.15) is 31.8 Å². The van der Waals surface area contributed by atoms with Crippen LogP contribution >= 0.6 is 11.8 Å². The van der Waals surface area contributed by atoms with Crippen molar-refractivity contribution in [3.05, 3.63) is 101 Å². The standard InChI is InChI=1S/C26H26N2O2S/c29-25(21-6-2-1-3-7-21)23-8-4-5-9-24(23)26(30)27-22-12-10-20(11-13-22)14-15-28-16-18-31-19-17-28/h1-13H,14-19H2,(H,27,30). The van der Waals surface area contributed by atoms with Gasteiger partial charge in [0.25, 0.3) is 5.91 Å². The highest BCUT2D eigenvalue weighted by molar-refractivity contribution is 7.99. The quantitative estimate of drug-likeness (QED) is 0.549. The summed E-state index contributed by atoms with van der Waals surface area (Å²) in [4.78, 5) is 28.3. The Kier molecular flexibility index (Phi) is 7.18. The molecule has 0 unspecified atom stereocenters. The molecule has 0 saturated carbocycles. The third-order valence-corrected chi connectivity index (χ3v) is 6.43. The average molecular weight is 431 g/mol. The molecule has 3 aromatic rings. The first-order valence-electron chi connectivity index (χ1n) is 10.6. The monoisotopic (exact) mass is 430 g/mol. The zero-order valence-electron chi connectivity index (χ0n) is 17.4. The molecule has 1 amide bonds. The van der Waals surface area contributed by atoms with Crippen molar-refractivity contribution >= 4 is 29.1 Å². The molecule has 31 heavy (non-hydrogen) atoms. The topological polar surface area (TPSA) is 49.4 Å². The fraction of sp³-hybridized carbons (Fsp3) is 0.231. The van der Waals surface area contributed by atoms with Gasteiger partial charge >= 0.3 is 0 Å². The van der Waals surface area contributed by atoms with Crippen LogP contribution in [-0.2, 0) is 6.42 Å². The van der Waals surface area contributed by atoms with Crippen LogP contribution < -0.4 is 5.32 Å². The molecule has 0 atom stereocenters. The van der Waals surface area contributed by atoms with Crippen molar-refractivity contribution < 1.29 is 9.59 Å². The molecular weight excluding hydrogens is 404 g/mol. The lowest BCUT2D eigenvalue weighted by atomic mass is 9.98. The van der Waals surface area contributed by atoms with Gasteiger partial charge in [-0.1, -0.05) is 60.7 Å². The Morgan fingerprint density at radius 2 is 1.45 bits per heavy atom. The van der Waals surface area contributed by atoms with E-state index in [0.29, 0.717) is 16.7 Å². The summed E-state index contributed by atoms with van der Waals surface area (Å²) in [6.07, 6.45) is 1.01. The molecule has 0 spiro atoms. The van der Waals surface area contributed by atoms with Gasteiger partial charge in [-0.15, -0.1) is 0 Å². The van der Waals surface area contributed by atoms with Gasteiger partial charge in [0, 0.05) is 48.0 Å². The van der Waals surface area contributed by atoms with Gasteiger partial charge in [-0.25, -0.2) is 0 Å². The lowest BCUT2D eigenvalue weighted by molar-refractivity contribution is 0.0996. The lowest BCUT2D eigenvalue weighted by Crippen LogP contribution is -2.34. The van der Waals surface area contributed by atoms with Gasteiger partial charge in [0.15, 0.2) is 5.78 Å². The highest BCUT2D eigenvalue weighted by Gasteiger charge is 2.18. The number of hydrogen-bond acceptors (Lipinski definition) is 4. The van der Waals surface area contributed by atoms with Gasteiger partial charge < -0.3 is 10.2 Å². The number of thioether (sulfide) groups is 1. The number of hydrogen-bond donors (Lipinski definition) is 1. The Labute approximate surface area is 187 Å². The summed E-state index contributed by atoms with van der Waals surface area (Å²) in [6.45, 7) is 3.40. The zero-order valence-corrected chi connectivity index (χ0v) is 18.2. The van der Waals surface area contributed by atoms with Crippen molar-refractivity contribution in [2.24, 2.45) is 0 Å². The average Bonchev–Trinajstić information content (AvgIpc) is 2.84. The van der Waals surface area contributed by atoms with E-state index in [4.69, 9.17) is 0 Å². The molecule has 3 aromatic carbocycles. The summed E-state index contributed by atoms with van der Waals surface area (Å²) < 4.78 is 0. The van der Waals surface area contributed by atoms with Crippen molar-refractivity contribution in [1.82, 2.24) is 4.90 Å². The summed E-state index contributed by atoms with van der Waals surface area (Å²) >= 11 is 2.02. The normalized spacial score (nSPS) is 14.2. The van der Waals surface area contributed by atoms with Gasteiger partial charge in [0.05, 0.1) is 5.56 Å². The van der Waals surface area contributed by atoms with E-state index in [2.05, 4.69) is 22.3 Å². The van der Waals surface area contributed by atoms with Crippen molar-refractivity contribution in [2.45, 2.75) is 6.42 Å². The molecule has 4 rings (SSSR count). The van der Waals surface area contributed by atoms with Crippen LogP contribution in [0.5, 0.6) is 0 Å². The second kappa shape index (κ2) is 10.4. The SMILES string of the molecule is O=C(Nc1ccc(CCN2CCSCC2)cc1)c1ccccc1C(=O)c1ccccc1. The third kappa shape index (κ3) is 5.63. The van der Waals surface area contributed by atoms with Crippen LogP contribution in [0, 0.1) is 0 Å². The molecule has 5 heteroatoms. The first-order valence-corrected chi connectivity index (χ1v) is 11.8. The van der Waals surface area contributed by atoms with Crippen molar-refractivity contribution in [3.63, 3.8) is 0 Å². The van der Waals surface area contributed by atoms with E-state index in [-0.39, 0.29) is 11.7 Å². The van der Waals surface area contributed by atoms with Crippen LogP contribution in [0.25, 0.3) is 0 Å². The molecule has 1 aliphatic heterocycles. The minimum Gasteiger partial charge on any atom is -0.322 e. The van der Waals surface area contributed by atoms with E-state index in [1.54, 1.807) is 36.4 Å². The third-order valence-electron chi connectivity index (χ3n) is 5.48. The molecule has 1 heterocycles. The number of ketones is 1. The van der Waals surface area contributed by atoms with Crippen LogP contribution in [0.2, 0.25) is 0 Å². The largest absolute Gasteiger partial charge is 0.322 e. The lowest BCUT2D eigenvalue weighted by Gasteiger charge is -2.26. The molecule has 0 bridgehead atoms. The highest BCUT2D eigenvalue weighted by Crippen LogP contribution is 2.18. The number of nitrogens with one attached hydrogen (secondary N) is 1. The Morgan fingerprint density at radius 3 is 2.16 bits per heavy atom. The minimum atomic E-state index is -0.279. The summed E-state index contributed by atoms with van der Waals surface area (Å²) in [5, 5.41) is 2.93. The fourth-order valence-electron chi connectivity index (χ4n) is 3.69. The van der Waals surface area contributed by atoms with Crippen LogP contribution in [0.4, 0.5) is 5.69 Å². The predicted octanol–water partition coefficient (Wildman–Crippen LogP) is 4.76. The summed E-state index contributed by atoms with van der Waals surface area (Å²) in [6, 6.07) is 24.0. The van der Waals surface area contributed by atoms with Gasteiger partial charge in [-0.3, -0.25) is 9.59 Å². The molecular formula is C26H26N2O2S. The summed E-state index contributed by atoms with van der Waals surface area (Å²) in [5.41, 5.74) is 3.34. The Morgan fingerprint density at radius 1 is 0.806 bits per heavy atom. The molecule has 4 nitrogen and oxygen atoms in total. The van der Waals surface area contributed by atoms with Gasteiger partial charge in [-0.05, 0) is 30.2 Å². The first kappa shape index (κ1) is 21.3. The van der Waals surface area contributed by atoms with E-state index in [1.807, 2.05) is 42.1 Å². The number of anilines is 1. The maximum atomic E-state index is 12.9. The first-order chi connectivity index (χ1) is 15.2. The van der Waals surface area contributed by atoms with Crippen LogP contribution in [-0.4, -0.2) is 47.7 Å². The fourth-order valence-corrected chi connectivity index (χ4v) is 4.67. The van der Waals surface area contributed by atoms with E-state index in [1.165, 1.54) is 30.2 Å². The number of carbonyl (C=O) groups is 2. The van der Waals surface area contributed by atoms with Gasteiger partial charge in [0.1, 0.15) is 0 Å². The summed E-state index contributed by atoms with van der Waals surface area (Å²) in [7, 11) is 0. The van der Waals surface area contributed by atoms with E-state index >= 15 is 0 Å². The number of benzene rings is 3. The minimum absolute atomic E-state index is 0.155. The molecule has 158 valence electrons. The molecule has 0 aromatic heterocycles. The maximum absolute atomic E-state index is 12.9. The second-order valence-corrected chi connectivity index (χ2v) is 8.82. The summed E-state index contributed by atoms with van der Waals surface area (Å²) in [5.74, 6) is 2.01. The highest BCUT2D eigenvalue weighted by atomic mass is 32.2. The van der Waals surface area contributed by atoms with Crippen molar-refractivity contribution in [1.29, 1.82) is 0 Å². The van der Waals surface area contributed by atoms with Crippen molar-refractivity contribution in [3.8, 4) is 0 Å². The molecule has 0 aliphatic carbocycles. The Bertz CT molecular complexity index is 1030. The van der Waals surface area contributed by atoms with Crippen LogP contribution in [0.3, 0.4) is 0 Å². The number of amides is 1. The maximum Gasteiger partial charge on any atom is 0.256 e. The zero-order chi connectivity index (χ0) is 21.5. The second-order valence-electron chi connectivity index (χ2n) is 7.60.